The quantitative estimate of drug-likeness (QED) is 0.889. The molecule has 1 fully saturated rings. The van der Waals surface area contributed by atoms with Crippen LogP contribution in [0.4, 0.5) is 0 Å². The van der Waals surface area contributed by atoms with Gasteiger partial charge < -0.3 is 10.1 Å². The topological polar surface area (TPSA) is 34.1 Å². The van der Waals surface area contributed by atoms with Crippen molar-refractivity contribution in [3.05, 3.63) is 59.4 Å². The van der Waals surface area contributed by atoms with Crippen molar-refractivity contribution in [3.63, 3.8) is 0 Å². The second-order valence-corrected chi connectivity index (χ2v) is 6.86. The lowest BCUT2D eigenvalue weighted by molar-refractivity contribution is 0.419. The molecular formula is C19H19ClN2O. The minimum atomic E-state index is 0.363. The number of nitrogens with one attached hydrogen (secondary N) is 1. The van der Waals surface area contributed by atoms with Crippen molar-refractivity contribution >= 4 is 17.2 Å². The first-order valence-corrected chi connectivity index (χ1v) is 8.42. The maximum atomic E-state index is 5.90. The first-order chi connectivity index (χ1) is 11.2. The summed E-state index contributed by atoms with van der Waals surface area (Å²) in [7, 11) is 0. The summed E-state index contributed by atoms with van der Waals surface area (Å²) in [5.41, 5.74) is 2.92. The van der Waals surface area contributed by atoms with E-state index in [0.717, 1.165) is 31.0 Å². The zero-order chi connectivity index (χ0) is 15.7. The third kappa shape index (κ3) is 3.12. The van der Waals surface area contributed by atoms with E-state index in [1.54, 1.807) is 6.20 Å². The Morgan fingerprint density at radius 3 is 2.74 bits per heavy atom. The summed E-state index contributed by atoms with van der Waals surface area (Å²) in [5.74, 6) is 1.53. The second kappa shape index (κ2) is 5.99. The van der Waals surface area contributed by atoms with Gasteiger partial charge in [0.05, 0.1) is 6.20 Å². The maximum Gasteiger partial charge on any atom is 0.146 e. The minimum absolute atomic E-state index is 0.363. The Labute approximate surface area is 141 Å². The largest absolute Gasteiger partial charge is 0.456 e. The van der Waals surface area contributed by atoms with E-state index in [1.807, 2.05) is 30.5 Å². The molecule has 0 bridgehead atoms. The summed E-state index contributed by atoms with van der Waals surface area (Å²) in [6.07, 6.45) is 9.73. The highest BCUT2D eigenvalue weighted by Gasteiger charge is 2.35. The van der Waals surface area contributed by atoms with Crippen LogP contribution in [0, 0.1) is 5.41 Å². The van der Waals surface area contributed by atoms with Crippen molar-refractivity contribution in [3.8, 4) is 11.5 Å². The summed E-state index contributed by atoms with van der Waals surface area (Å²) < 4.78 is 5.89. The molecule has 118 valence electrons. The number of ether oxygens (including phenoxy) is 1. The average Bonchev–Trinajstić information content (AvgIpc) is 3.21. The van der Waals surface area contributed by atoms with E-state index in [-0.39, 0.29) is 0 Å². The van der Waals surface area contributed by atoms with E-state index >= 15 is 0 Å². The molecule has 4 rings (SSSR count). The van der Waals surface area contributed by atoms with E-state index in [9.17, 15) is 0 Å². The van der Waals surface area contributed by atoms with Crippen LogP contribution in [0.25, 0.3) is 5.57 Å². The third-order valence-electron chi connectivity index (χ3n) is 4.78. The highest BCUT2D eigenvalue weighted by molar-refractivity contribution is 6.30. The number of pyridine rings is 1. The van der Waals surface area contributed by atoms with E-state index in [2.05, 4.69) is 22.4 Å². The SMILES string of the molecule is Clc1ccc(Oc2cncc(C3=CC4(CCNC4)CC3)c2)cc1. The summed E-state index contributed by atoms with van der Waals surface area (Å²) in [6.45, 7) is 2.23. The van der Waals surface area contributed by atoms with Gasteiger partial charge in [-0.2, -0.15) is 0 Å². The second-order valence-electron chi connectivity index (χ2n) is 6.42. The molecule has 2 aromatic rings. The van der Waals surface area contributed by atoms with Crippen LogP contribution in [-0.4, -0.2) is 18.1 Å². The van der Waals surface area contributed by atoms with Crippen molar-refractivity contribution in [1.29, 1.82) is 0 Å². The van der Waals surface area contributed by atoms with Crippen molar-refractivity contribution in [2.75, 3.05) is 13.1 Å². The Morgan fingerprint density at radius 2 is 1.96 bits per heavy atom. The molecule has 2 aliphatic rings. The number of rotatable bonds is 3. The van der Waals surface area contributed by atoms with Crippen LogP contribution in [0.15, 0.2) is 48.8 Å². The van der Waals surface area contributed by atoms with Gasteiger partial charge in [-0.05, 0) is 67.3 Å². The van der Waals surface area contributed by atoms with Gasteiger partial charge in [0.2, 0.25) is 0 Å². The summed E-state index contributed by atoms with van der Waals surface area (Å²) in [6, 6.07) is 9.45. The number of benzene rings is 1. The van der Waals surface area contributed by atoms with Gasteiger partial charge in [0.1, 0.15) is 11.5 Å². The van der Waals surface area contributed by atoms with Crippen molar-refractivity contribution in [1.82, 2.24) is 10.3 Å². The molecule has 0 saturated carbocycles. The molecule has 3 nitrogen and oxygen atoms in total. The molecule has 1 unspecified atom stereocenters. The standard InChI is InChI=1S/C19H19ClN2O/c20-16-1-3-17(4-2-16)23-18-9-15(11-22-12-18)14-5-6-19(10-14)7-8-21-13-19/h1-4,9-12,21H,5-8,13H2. The highest BCUT2D eigenvalue weighted by atomic mass is 35.5. The minimum Gasteiger partial charge on any atom is -0.456 e. The third-order valence-corrected chi connectivity index (χ3v) is 5.03. The van der Waals surface area contributed by atoms with Crippen LogP contribution in [0.3, 0.4) is 0 Å². The van der Waals surface area contributed by atoms with Gasteiger partial charge in [-0.25, -0.2) is 0 Å². The van der Waals surface area contributed by atoms with Crippen LogP contribution in [0.5, 0.6) is 11.5 Å². The molecular weight excluding hydrogens is 308 g/mol. The molecule has 23 heavy (non-hydrogen) atoms. The maximum absolute atomic E-state index is 5.90. The Hall–Kier alpha value is -1.84. The van der Waals surface area contributed by atoms with Gasteiger partial charge in [-0.1, -0.05) is 17.7 Å². The predicted octanol–water partition coefficient (Wildman–Crippen LogP) is 4.68. The van der Waals surface area contributed by atoms with E-state index in [4.69, 9.17) is 16.3 Å². The number of halogens is 1. The van der Waals surface area contributed by atoms with Crippen LogP contribution in [0.2, 0.25) is 5.02 Å². The van der Waals surface area contributed by atoms with Crippen LogP contribution in [-0.2, 0) is 0 Å². The lowest BCUT2D eigenvalue weighted by Crippen LogP contribution is -2.18. The fourth-order valence-corrected chi connectivity index (χ4v) is 3.64. The number of hydrogen-bond donors (Lipinski definition) is 1. The van der Waals surface area contributed by atoms with Crippen molar-refractivity contribution in [2.24, 2.45) is 5.41 Å². The first kappa shape index (κ1) is 14.7. The predicted molar refractivity (Wildman–Crippen MR) is 92.9 cm³/mol. The Morgan fingerprint density at radius 1 is 1.09 bits per heavy atom. The molecule has 0 radical (unpaired) electrons. The fourth-order valence-electron chi connectivity index (χ4n) is 3.51. The van der Waals surface area contributed by atoms with Crippen molar-refractivity contribution < 1.29 is 4.74 Å². The number of nitrogens with zero attached hydrogens (tertiary/aromatic N) is 1. The van der Waals surface area contributed by atoms with E-state index in [0.29, 0.717) is 10.4 Å². The van der Waals surface area contributed by atoms with Gasteiger partial charge in [0.25, 0.3) is 0 Å². The molecule has 1 aliphatic heterocycles. The smallest absolute Gasteiger partial charge is 0.146 e. The Balaban J connectivity index is 1.56. The fraction of sp³-hybridized carbons (Fsp3) is 0.316. The molecule has 1 saturated heterocycles. The highest BCUT2D eigenvalue weighted by Crippen LogP contribution is 2.44. The normalized spacial score (nSPS) is 23.3. The van der Waals surface area contributed by atoms with Gasteiger partial charge in [-0.3, -0.25) is 4.98 Å². The van der Waals surface area contributed by atoms with Gasteiger partial charge >= 0.3 is 0 Å². The Bertz CT molecular complexity index is 733. The zero-order valence-electron chi connectivity index (χ0n) is 12.9. The molecule has 4 heteroatoms. The molecule has 1 spiro atoms. The molecule has 1 atom stereocenters. The molecule has 1 aliphatic carbocycles. The number of allylic oxidation sites excluding steroid dienone is 1. The first-order valence-electron chi connectivity index (χ1n) is 8.04. The molecule has 2 heterocycles. The summed E-state index contributed by atoms with van der Waals surface area (Å²) in [4.78, 5) is 4.35. The van der Waals surface area contributed by atoms with Crippen LogP contribution < -0.4 is 10.1 Å². The lowest BCUT2D eigenvalue weighted by atomic mass is 9.87. The molecule has 1 N–H and O–H groups in total. The molecule has 1 aromatic heterocycles. The molecule has 1 aromatic carbocycles. The van der Waals surface area contributed by atoms with Gasteiger partial charge in [0.15, 0.2) is 0 Å². The van der Waals surface area contributed by atoms with E-state index < -0.39 is 0 Å². The van der Waals surface area contributed by atoms with Crippen LogP contribution in [0.1, 0.15) is 24.8 Å². The molecule has 0 amide bonds. The zero-order valence-corrected chi connectivity index (χ0v) is 13.6. The van der Waals surface area contributed by atoms with Gasteiger partial charge in [0, 0.05) is 23.2 Å². The number of hydrogen-bond acceptors (Lipinski definition) is 3. The summed E-state index contributed by atoms with van der Waals surface area (Å²) in [5, 5.41) is 4.18. The number of aromatic nitrogens is 1. The lowest BCUT2D eigenvalue weighted by Gasteiger charge is -2.17. The average molecular weight is 327 g/mol. The van der Waals surface area contributed by atoms with Crippen molar-refractivity contribution in [2.45, 2.75) is 19.3 Å². The summed E-state index contributed by atoms with van der Waals surface area (Å²) >= 11 is 5.90. The van der Waals surface area contributed by atoms with E-state index in [1.165, 1.54) is 24.0 Å². The monoisotopic (exact) mass is 326 g/mol. The Kier molecular flexibility index (Phi) is 3.83. The van der Waals surface area contributed by atoms with Crippen LogP contribution >= 0.6 is 11.6 Å². The van der Waals surface area contributed by atoms with Gasteiger partial charge in [-0.15, -0.1) is 0 Å².